The van der Waals surface area contributed by atoms with Gasteiger partial charge in [0.05, 0.1) is 11.0 Å². The van der Waals surface area contributed by atoms with E-state index >= 15 is 0 Å². The molecule has 2 fully saturated rings. The minimum atomic E-state index is -0.195. The topological polar surface area (TPSA) is 29.9 Å². The molecule has 2 heterocycles. The van der Waals surface area contributed by atoms with Crippen LogP contribution in [0.2, 0.25) is 0 Å². The van der Waals surface area contributed by atoms with Crippen molar-refractivity contribution in [3.05, 3.63) is 29.8 Å². The molecule has 0 radical (unpaired) electrons. The van der Waals surface area contributed by atoms with Gasteiger partial charge in [0.25, 0.3) is 0 Å². The number of nitrogens with zero attached hydrogens (tertiary/aromatic N) is 2. The highest BCUT2D eigenvalue weighted by atomic mass is 19.1. The van der Waals surface area contributed by atoms with Crippen molar-refractivity contribution in [2.24, 2.45) is 0 Å². The van der Waals surface area contributed by atoms with E-state index < -0.39 is 0 Å². The Balaban J connectivity index is 1.95. The molecule has 106 valence electrons. The predicted octanol–water partition coefficient (Wildman–Crippen LogP) is 3.15. The number of fused-ring (bicyclic) bond motifs is 1. The first-order valence-electron chi connectivity index (χ1n) is 7.62. The van der Waals surface area contributed by atoms with Crippen LogP contribution in [0.4, 0.5) is 4.39 Å². The Morgan fingerprint density at radius 1 is 1.45 bits per heavy atom. The summed E-state index contributed by atoms with van der Waals surface area (Å²) in [7, 11) is 0. The molecule has 1 aromatic carbocycles. The molecule has 2 aliphatic rings. The van der Waals surface area contributed by atoms with E-state index in [1.165, 1.54) is 18.7 Å². The molecule has 3 nitrogen and oxygen atoms in total. The fourth-order valence-corrected chi connectivity index (χ4v) is 3.54. The Hall–Kier alpha value is -1.42. The van der Waals surface area contributed by atoms with Crippen LogP contribution in [-0.2, 0) is 5.41 Å². The Labute approximate surface area is 118 Å². The lowest BCUT2D eigenvalue weighted by atomic mass is 9.83. The molecule has 20 heavy (non-hydrogen) atoms. The molecule has 0 spiro atoms. The molecule has 4 rings (SSSR count). The molecular weight excluding hydrogens is 253 g/mol. The summed E-state index contributed by atoms with van der Waals surface area (Å²) < 4.78 is 15.9. The predicted molar refractivity (Wildman–Crippen MR) is 77.4 cm³/mol. The van der Waals surface area contributed by atoms with Crippen molar-refractivity contribution in [1.29, 1.82) is 0 Å². The fourth-order valence-electron chi connectivity index (χ4n) is 3.54. The van der Waals surface area contributed by atoms with Gasteiger partial charge in [-0.3, -0.25) is 0 Å². The summed E-state index contributed by atoms with van der Waals surface area (Å²) >= 11 is 0. The number of nitrogens with one attached hydrogen (secondary N) is 1. The third kappa shape index (κ3) is 1.71. The van der Waals surface area contributed by atoms with Gasteiger partial charge >= 0.3 is 0 Å². The molecule has 1 aromatic heterocycles. The summed E-state index contributed by atoms with van der Waals surface area (Å²) in [5, 5.41) is 3.48. The van der Waals surface area contributed by atoms with E-state index in [0.717, 1.165) is 37.0 Å². The number of hydrogen-bond acceptors (Lipinski definition) is 2. The molecule has 1 aliphatic heterocycles. The van der Waals surface area contributed by atoms with Crippen molar-refractivity contribution in [3.63, 3.8) is 0 Å². The van der Waals surface area contributed by atoms with Gasteiger partial charge in [-0.1, -0.05) is 6.92 Å². The molecule has 1 saturated heterocycles. The van der Waals surface area contributed by atoms with Crippen molar-refractivity contribution < 1.29 is 4.39 Å². The van der Waals surface area contributed by atoms with E-state index in [2.05, 4.69) is 16.8 Å². The molecule has 0 bridgehead atoms. The number of benzene rings is 1. The highest BCUT2D eigenvalue weighted by molar-refractivity contribution is 5.76. The van der Waals surface area contributed by atoms with Gasteiger partial charge < -0.3 is 9.88 Å². The first-order chi connectivity index (χ1) is 9.73. The maximum absolute atomic E-state index is 13.5. The van der Waals surface area contributed by atoms with E-state index in [0.29, 0.717) is 6.04 Å². The summed E-state index contributed by atoms with van der Waals surface area (Å²) in [4.78, 5) is 4.84. The lowest BCUT2D eigenvalue weighted by Crippen LogP contribution is -2.31. The van der Waals surface area contributed by atoms with Gasteiger partial charge in [-0.25, -0.2) is 9.37 Å². The average Bonchev–Trinajstić information content (AvgIpc) is 3.04. The largest absolute Gasteiger partial charge is 0.324 e. The number of aromatic nitrogens is 2. The van der Waals surface area contributed by atoms with Crippen molar-refractivity contribution >= 4 is 11.0 Å². The molecular formula is C16H20FN3. The maximum Gasteiger partial charge on any atom is 0.125 e. The van der Waals surface area contributed by atoms with E-state index in [-0.39, 0.29) is 11.2 Å². The molecule has 1 aliphatic carbocycles. The molecule has 1 saturated carbocycles. The molecule has 2 aromatic rings. The van der Waals surface area contributed by atoms with Crippen LogP contribution in [0.15, 0.2) is 18.2 Å². The number of halogens is 1. The van der Waals surface area contributed by atoms with Crippen LogP contribution in [0.3, 0.4) is 0 Å². The van der Waals surface area contributed by atoms with Gasteiger partial charge in [-0.15, -0.1) is 0 Å². The maximum atomic E-state index is 13.5. The minimum Gasteiger partial charge on any atom is -0.324 e. The first-order valence-corrected chi connectivity index (χ1v) is 7.62. The van der Waals surface area contributed by atoms with Gasteiger partial charge in [0.15, 0.2) is 0 Å². The van der Waals surface area contributed by atoms with Gasteiger partial charge in [-0.05, 0) is 44.4 Å². The van der Waals surface area contributed by atoms with Crippen LogP contribution >= 0.6 is 0 Å². The molecule has 1 unspecified atom stereocenters. The molecule has 1 N–H and O–H groups in total. The van der Waals surface area contributed by atoms with Gasteiger partial charge in [0.2, 0.25) is 0 Å². The van der Waals surface area contributed by atoms with Gasteiger partial charge in [0.1, 0.15) is 11.6 Å². The highest BCUT2D eigenvalue weighted by Crippen LogP contribution is 2.44. The molecule has 0 amide bonds. The van der Waals surface area contributed by atoms with Crippen LogP contribution in [0.1, 0.15) is 44.5 Å². The Bertz CT molecular complexity index is 651. The molecule has 4 heteroatoms. The summed E-state index contributed by atoms with van der Waals surface area (Å²) in [6.07, 6.45) is 4.66. The SMILES string of the molecule is CCC1(c2nc3cc(F)ccc3n2C2CC2)CCNC1. The van der Waals surface area contributed by atoms with Gasteiger partial charge in [0, 0.05) is 24.1 Å². The Morgan fingerprint density at radius 3 is 2.95 bits per heavy atom. The van der Waals surface area contributed by atoms with Crippen LogP contribution in [0.25, 0.3) is 11.0 Å². The van der Waals surface area contributed by atoms with E-state index in [9.17, 15) is 4.39 Å². The third-order valence-electron chi connectivity index (χ3n) is 4.96. The second-order valence-electron chi connectivity index (χ2n) is 6.23. The number of imidazole rings is 1. The van der Waals surface area contributed by atoms with E-state index in [4.69, 9.17) is 4.98 Å². The normalized spacial score (nSPS) is 26.5. The highest BCUT2D eigenvalue weighted by Gasteiger charge is 2.41. The van der Waals surface area contributed by atoms with Crippen molar-refractivity contribution in [3.8, 4) is 0 Å². The van der Waals surface area contributed by atoms with Crippen molar-refractivity contribution in [1.82, 2.24) is 14.9 Å². The molecule has 1 atom stereocenters. The standard InChI is InChI=1S/C16H20FN3/c1-2-16(7-8-18-10-16)15-19-13-9-11(17)3-6-14(13)20(15)12-4-5-12/h3,6,9,12,18H,2,4-5,7-8,10H2,1H3. The average molecular weight is 273 g/mol. The van der Waals surface area contributed by atoms with Crippen LogP contribution in [-0.4, -0.2) is 22.6 Å². The lowest BCUT2D eigenvalue weighted by Gasteiger charge is -2.27. The summed E-state index contributed by atoms with van der Waals surface area (Å²) in [5.74, 6) is 0.979. The van der Waals surface area contributed by atoms with Crippen LogP contribution in [0.5, 0.6) is 0 Å². The zero-order chi connectivity index (χ0) is 13.7. The monoisotopic (exact) mass is 273 g/mol. The summed E-state index contributed by atoms with van der Waals surface area (Å²) in [6, 6.07) is 5.59. The van der Waals surface area contributed by atoms with Crippen molar-refractivity contribution in [2.45, 2.75) is 44.1 Å². The fraction of sp³-hybridized carbons (Fsp3) is 0.562. The van der Waals surface area contributed by atoms with Gasteiger partial charge in [-0.2, -0.15) is 0 Å². The first kappa shape index (κ1) is 12.3. The number of rotatable bonds is 3. The summed E-state index contributed by atoms with van der Waals surface area (Å²) in [5.41, 5.74) is 2.04. The second kappa shape index (κ2) is 4.29. The summed E-state index contributed by atoms with van der Waals surface area (Å²) in [6.45, 7) is 4.28. The van der Waals surface area contributed by atoms with Crippen molar-refractivity contribution in [2.75, 3.05) is 13.1 Å². The number of hydrogen-bond donors (Lipinski definition) is 1. The van der Waals surface area contributed by atoms with E-state index in [1.54, 1.807) is 12.1 Å². The smallest absolute Gasteiger partial charge is 0.125 e. The second-order valence-corrected chi connectivity index (χ2v) is 6.23. The zero-order valence-corrected chi connectivity index (χ0v) is 11.8. The van der Waals surface area contributed by atoms with Crippen LogP contribution < -0.4 is 5.32 Å². The quantitative estimate of drug-likeness (QED) is 0.931. The zero-order valence-electron chi connectivity index (χ0n) is 11.8. The minimum absolute atomic E-state index is 0.123. The Morgan fingerprint density at radius 2 is 2.30 bits per heavy atom. The Kier molecular flexibility index (Phi) is 2.64. The van der Waals surface area contributed by atoms with E-state index in [1.807, 2.05) is 6.07 Å². The lowest BCUT2D eigenvalue weighted by molar-refractivity contribution is 0.406. The third-order valence-corrected chi connectivity index (χ3v) is 4.96. The van der Waals surface area contributed by atoms with Crippen LogP contribution in [0, 0.1) is 5.82 Å².